The van der Waals surface area contributed by atoms with Crippen LogP contribution in [-0.2, 0) is 17.1 Å². The number of nitrogens with one attached hydrogen (secondary N) is 1. The molecule has 0 aliphatic heterocycles. The van der Waals surface area contributed by atoms with Crippen LogP contribution < -0.4 is 4.72 Å². The van der Waals surface area contributed by atoms with Crippen LogP contribution in [0.2, 0.25) is 0 Å². The van der Waals surface area contributed by atoms with Gasteiger partial charge in [-0.1, -0.05) is 15.9 Å². The van der Waals surface area contributed by atoms with Crippen LogP contribution in [0.25, 0.3) is 0 Å². The normalized spacial score (nSPS) is 11.5. The van der Waals surface area contributed by atoms with Crippen molar-refractivity contribution in [2.24, 2.45) is 7.05 Å². The van der Waals surface area contributed by atoms with Gasteiger partial charge in [-0.05, 0) is 30.7 Å². The van der Waals surface area contributed by atoms with Crippen LogP contribution in [0, 0.1) is 6.92 Å². The summed E-state index contributed by atoms with van der Waals surface area (Å²) in [6, 6.07) is 6.63. The highest BCUT2D eigenvalue weighted by Crippen LogP contribution is 2.22. The van der Waals surface area contributed by atoms with E-state index < -0.39 is 10.0 Å². The third-order valence-electron chi connectivity index (χ3n) is 2.49. The second-order valence-corrected chi connectivity index (χ2v) is 6.42. The number of sulfonamides is 1. The van der Waals surface area contributed by atoms with Gasteiger partial charge in [0.1, 0.15) is 5.82 Å². The number of anilines is 1. The molecule has 0 bridgehead atoms. The van der Waals surface area contributed by atoms with E-state index in [-0.39, 0.29) is 4.90 Å². The van der Waals surface area contributed by atoms with Crippen LogP contribution in [0.3, 0.4) is 0 Å². The molecule has 0 aliphatic rings. The van der Waals surface area contributed by atoms with Crippen molar-refractivity contribution in [2.45, 2.75) is 11.8 Å². The lowest BCUT2D eigenvalue weighted by molar-refractivity contribution is 0.599. The maximum Gasteiger partial charge on any atom is 0.263 e. The zero-order valence-corrected chi connectivity index (χ0v) is 12.3. The van der Waals surface area contributed by atoms with Crippen molar-refractivity contribution >= 4 is 31.8 Å². The monoisotopic (exact) mass is 329 g/mol. The molecule has 1 aromatic heterocycles. The SMILES string of the molecule is Cc1cc(Br)ccc1S(=O)(=O)Nc1ccnn1C. The van der Waals surface area contributed by atoms with Gasteiger partial charge in [0.05, 0.1) is 11.1 Å². The fraction of sp³-hybridized carbons (Fsp3) is 0.182. The van der Waals surface area contributed by atoms with Gasteiger partial charge in [-0.3, -0.25) is 9.40 Å². The molecule has 0 radical (unpaired) electrons. The van der Waals surface area contributed by atoms with E-state index in [1.54, 1.807) is 38.2 Å². The quantitative estimate of drug-likeness (QED) is 0.939. The number of aryl methyl sites for hydroxylation is 2. The number of rotatable bonds is 3. The maximum absolute atomic E-state index is 12.2. The van der Waals surface area contributed by atoms with Gasteiger partial charge < -0.3 is 0 Å². The van der Waals surface area contributed by atoms with Crippen LogP contribution >= 0.6 is 15.9 Å². The molecule has 7 heteroatoms. The van der Waals surface area contributed by atoms with E-state index in [2.05, 4.69) is 25.8 Å². The van der Waals surface area contributed by atoms with Gasteiger partial charge in [0.25, 0.3) is 10.0 Å². The number of benzene rings is 1. The lowest BCUT2D eigenvalue weighted by Gasteiger charge is -2.10. The Kier molecular flexibility index (Phi) is 3.45. The summed E-state index contributed by atoms with van der Waals surface area (Å²) < 4.78 is 29.2. The molecule has 96 valence electrons. The second-order valence-electron chi connectivity index (χ2n) is 3.86. The molecule has 1 N–H and O–H groups in total. The Balaban J connectivity index is 2.40. The van der Waals surface area contributed by atoms with E-state index >= 15 is 0 Å². The van der Waals surface area contributed by atoms with Gasteiger partial charge in [-0.15, -0.1) is 0 Å². The van der Waals surface area contributed by atoms with E-state index in [1.165, 1.54) is 10.9 Å². The first-order valence-corrected chi connectivity index (χ1v) is 7.45. The highest BCUT2D eigenvalue weighted by Gasteiger charge is 2.18. The van der Waals surface area contributed by atoms with Gasteiger partial charge >= 0.3 is 0 Å². The Labute approximate surface area is 114 Å². The van der Waals surface area contributed by atoms with Crippen molar-refractivity contribution in [3.8, 4) is 0 Å². The Hall–Kier alpha value is -1.34. The molecule has 0 saturated carbocycles. The molecule has 0 amide bonds. The first-order chi connectivity index (χ1) is 8.40. The third kappa shape index (κ3) is 2.56. The highest BCUT2D eigenvalue weighted by molar-refractivity contribution is 9.10. The van der Waals surface area contributed by atoms with E-state index in [0.717, 1.165) is 4.47 Å². The number of halogens is 1. The molecule has 18 heavy (non-hydrogen) atoms. The summed E-state index contributed by atoms with van der Waals surface area (Å²) in [6.45, 7) is 1.75. The average molecular weight is 330 g/mol. The molecular formula is C11H12BrN3O2S. The Morgan fingerprint density at radius 2 is 2.06 bits per heavy atom. The molecule has 2 rings (SSSR count). The largest absolute Gasteiger partial charge is 0.264 e. The maximum atomic E-state index is 12.2. The Morgan fingerprint density at radius 1 is 1.33 bits per heavy atom. The fourth-order valence-electron chi connectivity index (χ4n) is 1.58. The average Bonchev–Trinajstić information content (AvgIpc) is 2.63. The second kappa shape index (κ2) is 4.74. The summed E-state index contributed by atoms with van der Waals surface area (Å²) in [5, 5.41) is 3.91. The van der Waals surface area contributed by atoms with Gasteiger partial charge in [0.2, 0.25) is 0 Å². The third-order valence-corrected chi connectivity index (χ3v) is 4.49. The minimum Gasteiger partial charge on any atom is -0.264 e. The smallest absolute Gasteiger partial charge is 0.263 e. The summed E-state index contributed by atoms with van der Waals surface area (Å²) in [6.07, 6.45) is 1.53. The topological polar surface area (TPSA) is 64.0 Å². The van der Waals surface area contributed by atoms with Crippen molar-refractivity contribution in [3.63, 3.8) is 0 Å². The van der Waals surface area contributed by atoms with Gasteiger partial charge in [0, 0.05) is 17.6 Å². The minimum absolute atomic E-state index is 0.256. The molecule has 0 aliphatic carbocycles. The lowest BCUT2D eigenvalue weighted by atomic mass is 10.2. The van der Waals surface area contributed by atoms with Crippen LogP contribution in [0.4, 0.5) is 5.82 Å². The highest BCUT2D eigenvalue weighted by atomic mass is 79.9. The molecule has 0 atom stereocenters. The van der Waals surface area contributed by atoms with E-state index in [0.29, 0.717) is 11.4 Å². The van der Waals surface area contributed by atoms with Crippen molar-refractivity contribution < 1.29 is 8.42 Å². The summed E-state index contributed by atoms with van der Waals surface area (Å²) in [4.78, 5) is 0.256. The van der Waals surface area contributed by atoms with Crippen molar-refractivity contribution in [2.75, 3.05) is 4.72 Å². The van der Waals surface area contributed by atoms with Crippen LogP contribution in [-0.4, -0.2) is 18.2 Å². The summed E-state index contributed by atoms with van der Waals surface area (Å²) >= 11 is 3.31. The number of aromatic nitrogens is 2. The van der Waals surface area contributed by atoms with Gasteiger partial charge in [-0.2, -0.15) is 5.10 Å². The molecule has 0 spiro atoms. The molecule has 1 aromatic carbocycles. The first kappa shape index (κ1) is 13.1. The molecule has 0 saturated heterocycles. The molecule has 2 aromatic rings. The number of hydrogen-bond acceptors (Lipinski definition) is 3. The van der Waals surface area contributed by atoms with Crippen LogP contribution in [0.1, 0.15) is 5.56 Å². The minimum atomic E-state index is -3.58. The van der Waals surface area contributed by atoms with Gasteiger partial charge in [0.15, 0.2) is 0 Å². The van der Waals surface area contributed by atoms with Crippen LogP contribution in [0.5, 0.6) is 0 Å². The van der Waals surface area contributed by atoms with Gasteiger partial charge in [-0.25, -0.2) is 8.42 Å². The van der Waals surface area contributed by atoms with E-state index in [9.17, 15) is 8.42 Å². The zero-order valence-electron chi connectivity index (χ0n) is 9.88. The van der Waals surface area contributed by atoms with Crippen molar-refractivity contribution in [1.29, 1.82) is 0 Å². The van der Waals surface area contributed by atoms with Crippen LogP contribution in [0.15, 0.2) is 39.8 Å². The lowest BCUT2D eigenvalue weighted by Crippen LogP contribution is -2.16. The van der Waals surface area contributed by atoms with E-state index in [1.807, 2.05) is 0 Å². The predicted octanol–water partition coefficient (Wildman–Crippen LogP) is 2.29. The zero-order chi connectivity index (χ0) is 13.3. The predicted molar refractivity (Wildman–Crippen MR) is 72.9 cm³/mol. The Bertz CT molecular complexity index is 679. The Morgan fingerprint density at radius 3 is 2.61 bits per heavy atom. The summed E-state index contributed by atoms with van der Waals surface area (Å²) in [5.74, 6) is 0.428. The van der Waals surface area contributed by atoms with Crippen molar-refractivity contribution in [1.82, 2.24) is 9.78 Å². The molecule has 5 nitrogen and oxygen atoms in total. The first-order valence-electron chi connectivity index (χ1n) is 5.17. The molecule has 0 fully saturated rings. The fourth-order valence-corrected chi connectivity index (χ4v) is 3.37. The summed E-state index contributed by atoms with van der Waals surface area (Å²) in [7, 11) is -1.91. The van der Waals surface area contributed by atoms with Crippen molar-refractivity contribution in [3.05, 3.63) is 40.5 Å². The van der Waals surface area contributed by atoms with E-state index in [4.69, 9.17) is 0 Å². The number of hydrogen-bond donors (Lipinski definition) is 1. The molecule has 0 unspecified atom stereocenters. The molecule has 1 heterocycles. The standard InChI is InChI=1S/C11H12BrN3O2S/c1-8-7-9(12)3-4-10(8)18(16,17)14-11-5-6-13-15(11)2/h3-7,14H,1-2H3. The number of nitrogens with zero attached hydrogens (tertiary/aromatic N) is 2. The summed E-state index contributed by atoms with van der Waals surface area (Å²) in [5.41, 5.74) is 0.680. The molecular weight excluding hydrogens is 318 g/mol.